The molecule has 0 spiro atoms. The summed E-state index contributed by atoms with van der Waals surface area (Å²) in [5.74, 6) is 1.44. The molecule has 268 valence electrons. The number of carbonyl (C=O) groups is 1. The molecule has 0 aliphatic heterocycles. The molecule has 2 aromatic heterocycles. The van der Waals surface area contributed by atoms with E-state index in [1.54, 1.807) is 38.1 Å². The molecule has 8 aromatic rings. The van der Waals surface area contributed by atoms with E-state index in [4.69, 9.17) is 27.8 Å². The van der Waals surface area contributed by atoms with Gasteiger partial charge in [0.15, 0.2) is 16.9 Å². The lowest BCUT2D eigenvalue weighted by Crippen LogP contribution is -2.19. The van der Waals surface area contributed by atoms with Crippen molar-refractivity contribution in [1.29, 1.82) is 0 Å². The van der Waals surface area contributed by atoms with Crippen LogP contribution < -0.4 is 18.9 Å². The number of fused-ring (bicyclic) bond motifs is 2. The number of para-hydroxylation sites is 4. The maximum Gasteiger partial charge on any atom is 0.238 e. The van der Waals surface area contributed by atoms with Gasteiger partial charge in [-0.3, -0.25) is 4.79 Å². The number of rotatable bonds is 12. The first-order valence-electron chi connectivity index (χ1n) is 17.0. The van der Waals surface area contributed by atoms with Gasteiger partial charge in [-0.25, -0.2) is 9.97 Å². The van der Waals surface area contributed by atoms with E-state index >= 15 is 0 Å². The minimum atomic E-state index is -0.733. The molecule has 2 heterocycles. The first-order valence-corrected chi connectivity index (χ1v) is 17.0. The van der Waals surface area contributed by atoms with Gasteiger partial charge in [0.1, 0.15) is 45.5 Å². The van der Waals surface area contributed by atoms with Crippen LogP contribution in [0.25, 0.3) is 45.1 Å². The van der Waals surface area contributed by atoms with Crippen LogP contribution in [0.4, 0.5) is 0 Å². The Morgan fingerprint density at radius 3 is 1.28 bits per heavy atom. The number of nitrogens with zero attached hydrogens (tertiary/aromatic N) is 2. The maximum atomic E-state index is 13.3. The summed E-state index contributed by atoms with van der Waals surface area (Å²) in [7, 11) is 0. The molecule has 54 heavy (non-hydrogen) atoms. The van der Waals surface area contributed by atoms with Gasteiger partial charge >= 0.3 is 0 Å². The number of carbonyl (C=O) groups excluding carboxylic acids is 1. The second-order valence-corrected chi connectivity index (χ2v) is 12.3. The summed E-state index contributed by atoms with van der Waals surface area (Å²) in [6, 6.07) is 38.1. The van der Waals surface area contributed by atoms with Crippen molar-refractivity contribution in [3.63, 3.8) is 0 Å². The van der Waals surface area contributed by atoms with Gasteiger partial charge < -0.3 is 38.0 Å². The average Bonchev–Trinajstić information content (AvgIpc) is 3.80. The zero-order chi connectivity index (χ0) is 37.2. The van der Waals surface area contributed by atoms with Crippen LogP contribution in [0.3, 0.4) is 0 Å². The van der Waals surface area contributed by atoms with E-state index in [0.29, 0.717) is 34.4 Å². The van der Waals surface area contributed by atoms with E-state index < -0.39 is 18.4 Å². The summed E-state index contributed by atoms with van der Waals surface area (Å²) in [6.45, 7) is 3.41. The fourth-order valence-corrected chi connectivity index (χ4v) is 5.86. The molecule has 0 aliphatic carbocycles. The van der Waals surface area contributed by atoms with Crippen LogP contribution >= 0.6 is 0 Å². The van der Waals surface area contributed by atoms with Crippen molar-refractivity contribution >= 4 is 28.0 Å². The number of ether oxygens (including phenoxy) is 4. The Labute approximate surface area is 308 Å². The first kappa shape index (κ1) is 33.9. The number of hydrogen-bond donors (Lipinski definition) is 2. The first-order chi connectivity index (χ1) is 26.3. The number of hydrogen-bond acceptors (Lipinski definition) is 11. The zero-order valence-corrected chi connectivity index (χ0v) is 29.0. The second-order valence-electron chi connectivity index (χ2n) is 12.3. The van der Waals surface area contributed by atoms with Crippen LogP contribution in [0.15, 0.2) is 142 Å². The molecular formula is C43H32N2O9. The fourth-order valence-electron chi connectivity index (χ4n) is 5.86. The van der Waals surface area contributed by atoms with Gasteiger partial charge in [-0.15, -0.1) is 0 Å². The molecule has 0 aliphatic rings. The monoisotopic (exact) mass is 720 g/mol. The van der Waals surface area contributed by atoms with Gasteiger partial charge in [0.25, 0.3) is 0 Å². The Bertz CT molecular complexity index is 2350. The quantitative estimate of drug-likeness (QED) is 0.0919. The number of aromatic nitrogens is 2. The molecule has 0 radical (unpaired) electrons. The maximum absolute atomic E-state index is 13.3. The van der Waals surface area contributed by atoms with E-state index in [1.165, 1.54) is 36.4 Å². The Hall–Kier alpha value is -7.27. The Kier molecular flexibility index (Phi) is 9.02. The normalized spacial score (nSPS) is 12.3. The lowest BCUT2D eigenvalue weighted by molar-refractivity contribution is 0.0217. The molecule has 0 fully saturated rings. The molecule has 2 N–H and O–H groups in total. The standard InChI is InChI=1S/C43H32N2O9/c1-25(49-29-15-11-27(12-16-29)42-44-35-7-3-5-9-39(35)53-42)51-31-19-21-33(37(46)23-31)41(48)34-22-20-32(24-38(34)47)52-26(2)50-30-17-13-28(14-18-30)43-45-36-8-4-6-10-40(36)54-43/h3-26,46-47H,1-2H3. The van der Waals surface area contributed by atoms with Gasteiger partial charge in [0, 0.05) is 37.1 Å². The number of aromatic hydroxyl groups is 2. The Morgan fingerprint density at radius 1 is 0.519 bits per heavy atom. The van der Waals surface area contributed by atoms with E-state index in [-0.39, 0.29) is 34.1 Å². The average molecular weight is 721 g/mol. The topological polar surface area (TPSA) is 147 Å². The van der Waals surface area contributed by atoms with Crippen LogP contribution in [-0.2, 0) is 0 Å². The number of phenolic OH excluding ortho intramolecular Hbond substituents is 2. The van der Waals surface area contributed by atoms with Gasteiger partial charge in [0.05, 0.1) is 11.1 Å². The number of ketones is 1. The second kappa shape index (κ2) is 14.4. The van der Waals surface area contributed by atoms with Gasteiger partial charge in [-0.1, -0.05) is 24.3 Å². The largest absolute Gasteiger partial charge is 0.507 e. The Morgan fingerprint density at radius 2 is 0.889 bits per heavy atom. The predicted octanol–water partition coefficient (Wildman–Crippen LogP) is 9.55. The smallest absolute Gasteiger partial charge is 0.238 e. The molecule has 11 heteroatoms. The summed E-state index contributed by atoms with van der Waals surface area (Å²) >= 11 is 0. The zero-order valence-electron chi connectivity index (χ0n) is 29.0. The van der Waals surface area contributed by atoms with E-state index in [9.17, 15) is 15.0 Å². The SMILES string of the molecule is CC(Oc1ccc(-c2nc3ccccc3o2)cc1)Oc1ccc(C(=O)c2ccc(OC(C)Oc3ccc(-c4nc5ccccc5o4)cc3)cc2O)c(O)c1. The van der Waals surface area contributed by atoms with Crippen LogP contribution in [-0.4, -0.2) is 38.5 Å². The van der Waals surface area contributed by atoms with Crippen LogP contribution in [0.5, 0.6) is 34.5 Å². The van der Waals surface area contributed by atoms with Crippen molar-refractivity contribution in [2.75, 3.05) is 0 Å². The third-order valence-electron chi connectivity index (χ3n) is 8.43. The third-order valence-corrected chi connectivity index (χ3v) is 8.43. The lowest BCUT2D eigenvalue weighted by atomic mass is 10.0. The van der Waals surface area contributed by atoms with Crippen LogP contribution in [0.1, 0.15) is 29.8 Å². The highest BCUT2D eigenvalue weighted by Gasteiger charge is 2.20. The summed E-state index contributed by atoms with van der Waals surface area (Å²) in [5.41, 5.74) is 4.52. The van der Waals surface area contributed by atoms with Crippen LogP contribution in [0, 0.1) is 0 Å². The van der Waals surface area contributed by atoms with E-state index in [2.05, 4.69) is 9.97 Å². The molecule has 0 saturated heterocycles. The summed E-state index contributed by atoms with van der Waals surface area (Å²) < 4.78 is 35.1. The van der Waals surface area contributed by atoms with E-state index in [0.717, 1.165) is 22.2 Å². The number of oxazole rings is 2. The van der Waals surface area contributed by atoms with Crippen molar-refractivity contribution in [2.45, 2.75) is 26.4 Å². The fraction of sp³-hybridized carbons (Fsp3) is 0.0930. The van der Waals surface area contributed by atoms with Gasteiger partial charge in [-0.2, -0.15) is 0 Å². The molecular weight excluding hydrogens is 688 g/mol. The molecule has 6 aromatic carbocycles. The molecule has 0 bridgehead atoms. The highest BCUT2D eigenvalue weighted by Crippen LogP contribution is 2.33. The molecule has 2 atom stereocenters. The molecule has 0 amide bonds. The lowest BCUT2D eigenvalue weighted by Gasteiger charge is -2.18. The minimum absolute atomic E-state index is 0.0207. The summed E-state index contributed by atoms with van der Waals surface area (Å²) in [6.07, 6.45) is -1.47. The molecule has 0 saturated carbocycles. The summed E-state index contributed by atoms with van der Waals surface area (Å²) in [5, 5.41) is 21.5. The molecule has 11 nitrogen and oxygen atoms in total. The van der Waals surface area contributed by atoms with Crippen molar-refractivity contribution in [1.82, 2.24) is 9.97 Å². The van der Waals surface area contributed by atoms with Crippen LogP contribution in [0.2, 0.25) is 0 Å². The Balaban J connectivity index is 0.853. The number of phenols is 2. The highest BCUT2D eigenvalue weighted by atomic mass is 16.7. The molecule has 2 unspecified atom stereocenters. The van der Waals surface area contributed by atoms with Crippen molar-refractivity contribution in [2.24, 2.45) is 0 Å². The van der Waals surface area contributed by atoms with E-state index in [1.807, 2.05) is 72.8 Å². The highest BCUT2D eigenvalue weighted by molar-refractivity contribution is 6.12. The van der Waals surface area contributed by atoms with Gasteiger partial charge in [0.2, 0.25) is 24.4 Å². The van der Waals surface area contributed by atoms with Crippen molar-refractivity contribution in [3.8, 4) is 57.4 Å². The third kappa shape index (κ3) is 7.24. The van der Waals surface area contributed by atoms with Gasteiger partial charge in [-0.05, 0) is 97.1 Å². The summed E-state index contributed by atoms with van der Waals surface area (Å²) in [4.78, 5) is 22.4. The minimum Gasteiger partial charge on any atom is -0.507 e. The predicted molar refractivity (Wildman–Crippen MR) is 200 cm³/mol. The van der Waals surface area contributed by atoms with Crippen molar-refractivity contribution < 1.29 is 42.8 Å². The van der Waals surface area contributed by atoms with Crippen molar-refractivity contribution in [3.05, 3.63) is 145 Å². The number of benzene rings is 6. The molecule has 8 rings (SSSR count).